The van der Waals surface area contributed by atoms with E-state index in [4.69, 9.17) is 26.5 Å². The lowest BCUT2D eigenvalue weighted by Crippen LogP contribution is -2.62. The molecular weight excluding hydrogens is 426 g/mol. The van der Waals surface area contributed by atoms with E-state index in [9.17, 15) is 33.9 Å². The summed E-state index contributed by atoms with van der Waals surface area (Å²) in [5.41, 5.74) is 5.03. The van der Waals surface area contributed by atoms with Gasteiger partial charge >= 0.3 is 5.97 Å². The molecule has 0 aromatic rings. The van der Waals surface area contributed by atoms with E-state index in [0.29, 0.717) is 6.54 Å². The molecule has 0 saturated carbocycles. The number of aliphatic hydroxyl groups excluding tert-OH is 1. The maximum atomic E-state index is 12.4. The van der Waals surface area contributed by atoms with E-state index in [-0.39, 0.29) is 6.54 Å². The number of amides is 5. The SMILES string of the molecule is [B]C([B])(NC(=O)[C@H](CC(N)=O)NC(=O)[C@H](C)NC(=O)C(CO)NC(=O)CNCC)C(=O)O. The van der Waals surface area contributed by atoms with Crippen molar-refractivity contribution < 1.29 is 39.0 Å². The summed E-state index contributed by atoms with van der Waals surface area (Å²) in [6.07, 6.45) is -0.728. The number of aliphatic hydroxyl groups is 1. The number of carboxylic acids is 1. The molecule has 0 bridgehead atoms. The van der Waals surface area contributed by atoms with Gasteiger partial charge in [0.2, 0.25) is 29.5 Å². The third-order valence-corrected chi connectivity index (χ3v) is 3.84. The molecule has 9 N–H and O–H groups in total. The van der Waals surface area contributed by atoms with Crippen LogP contribution in [0.1, 0.15) is 20.3 Å². The number of likely N-dealkylation sites (N-methyl/N-ethyl adjacent to an activating group) is 1. The second-order valence-electron chi connectivity index (χ2n) is 6.71. The average molecular weight is 452 g/mol. The zero-order valence-electron chi connectivity index (χ0n) is 17.6. The van der Waals surface area contributed by atoms with Gasteiger partial charge < -0.3 is 42.5 Å². The normalized spacial score (nSPS) is 13.7. The number of carbonyl (C=O) groups is 6. The first kappa shape index (κ1) is 28.9. The van der Waals surface area contributed by atoms with Gasteiger partial charge in [-0.2, -0.15) is 0 Å². The maximum Gasteiger partial charge on any atom is 0.310 e. The Hall–Kier alpha value is -3.13. The minimum atomic E-state index is -2.68. The minimum Gasteiger partial charge on any atom is -0.481 e. The van der Waals surface area contributed by atoms with Crippen molar-refractivity contribution >= 4 is 51.2 Å². The molecule has 16 heteroatoms. The van der Waals surface area contributed by atoms with Crippen LogP contribution in [0.4, 0.5) is 0 Å². The Morgan fingerprint density at radius 1 is 0.969 bits per heavy atom. The first-order valence-corrected chi connectivity index (χ1v) is 9.38. The number of hydrogen-bond acceptors (Lipinski definition) is 8. The number of carboxylic acid groups (broad SMARTS) is 1. The summed E-state index contributed by atoms with van der Waals surface area (Å²) in [5.74, 6) is -6.45. The van der Waals surface area contributed by atoms with Gasteiger partial charge in [0.15, 0.2) is 0 Å². The van der Waals surface area contributed by atoms with Crippen molar-refractivity contribution in [2.24, 2.45) is 5.73 Å². The summed E-state index contributed by atoms with van der Waals surface area (Å²) < 4.78 is 0. The molecule has 0 aliphatic heterocycles. The summed E-state index contributed by atoms with van der Waals surface area (Å²) in [6, 6.07) is -4.31. The zero-order valence-corrected chi connectivity index (χ0v) is 17.6. The van der Waals surface area contributed by atoms with Gasteiger partial charge in [-0.15, -0.1) is 0 Å². The largest absolute Gasteiger partial charge is 0.481 e. The Balaban J connectivity index is 5.11. The number of primary amides is 1. The third-order valence-electron chi connectivity index (χ3n) is 3.84. The van der Waals surface area contributed by atoms with E-state index in [0.717, 1.165) is 0 Å². The van der Waals surface area contributed by atoms with E-state index in [2.05, 4.69) is 21.3 Å². The lowest BCUT2D eigenvalue weighted by molar-refractivity contribution is -0.141. The number of carbonyl (C=O) groups excluding carboxylic acids is 5. The van der Waals surface area contributed by atoms with E-state index < -0.39 is 72.0 Å². The number of hydrogen-bond donors (Lipinski definition) is 8. The Morgan fingerprint density at radius 2 is 1.56 bits per heavy atom. The van der Waals surface area contributed by atoms with Crippen LogP contribution in [0, 0.1) is 0 Å². The van der Waals surface area contributed by atoms with Gasteiger partial charge in [-0.1, -0.05) is 6.92 Å². The monoisotopic (exact) mass is 452 g/mol. The number of rotatable bonds is 14. The van der Waals surface area contributed by atoms with E-state index in [1.54, 1.807) is 12.2 Å². The zero-order chi connectivity index (χ0) is 25.1. The van der Waals surface area contributed by atoms with Crippen LogP contribution in [0.5, 0.6) is 0 Å². The first-order valence-electron chi connectivity index (χ1n) is 9.38. The van der Waals surface area contributed by atoms with Crippen LogP contribution in [0.25, 0.3) is 0 Å². The lowest BCUT2D eigenvalue weighted by Gasteiger charge is -2.27. The van der Waals surface area contributed by atoms with Gasteiger partial charge in [-0.25, -0.2) is 0 Å². The predicted octanol–water partition coefficient (Wildman–Crippen LogP) is -5.87. The summed E-state index contributed by atoms with van der Waals surface area (Å²) in [4.78, 5) is 70.6. The highest BCUT2D eigenvalue weighted by atomic mass is 16.4. The molecule has 0 aliphatic carbocycles. The highest BCUT2D eigenvalue weighted by Crippen LogP contribution is 1.99. The van der Waals surface area contributed by atoms with E-state index >= 15 is 0 Å². The van der Waals surface area contributed by atoms with Gasteiger partial charge in [-0.05, 0) is 13.5 Å². The molecule has 4 radical (unpaired) electrons. The fourth-order valence-corrected chi connectivity index (χ4v) is 2.11. The maximum absolute atomic E-state index is 12.4. The molecule has 0 rings (SSSR count). The van der Waals surface area contributed by atoms with Crippen LogP contribution < -0.4 is 32.3 Å². The van der Waals surface area contributed by atoms with Gasteiger partial charge in [0.1, 0.15) is 33.8 Å². The van der Waals surface area contributed by atoms with Crippen LogP contribution in [0.3, 0.4) is 0 Å². The van der Waals surface area contributed by atoms with Gasteiger partial charge in [-0.3, -0.25) is 28.8 Å². The van der Waals surface area contributed by atoms with Crippen LogP contribution in [-0.4, -0.2) is 105 Å². The molecule has 3 atom stereocenters. The van der Waals surface area contributed by atoms with Gasteiger partial charge in [0, 0.05) is 0 Å². The molecule has 0 spiro atoms. The van der Waals surface area contributed by atoms with Gasteiger partial charge in [0.05, 0.1) is 24.9 Å². The second kappa shape index (κ2) is 13.3. The molecule has 0 aromatic carbocycles. The molecule has 0 fully saturated rings. The Labute approximate surface area is 186 Å². The van der Waals surface area contributed by atoms with E-state index in [1.807, 2.05) is 0 Å². The summed E-state index contributed by atoms with van der Waals surface area (Å²) in [5, 5.41) is 26.6. The molecular formula is C16H26B2N6O8. The molecule has 174 valence electrons. The van der Waals surface area contributed by atoms with Crippen LogP contribution in [0.2, 0.25) is 0 Å². The molecule has 1 unspecified atom stereocenters. The Morgan fingerprint density at radius 3 is 2.03 bits per heavy atom. The molecule has 0 saturated heterocycles. The first-order chi connectivity index (χ1) is 14.7. The average Bonchev–Trinajstić information content (AvgIpc) is 2.68. The minimum absolute atomic E-state index is 0.0969. The Kier molecular flexibility index (Phi) is 12.0. The van der Waals surface area contributed by atoms with Crippen molar-refractivity contribution in [2.75, 3.05) is 19.7 Å². The fourth-order valence-electron chi connectivity index (χ4n) is 2.11. The highest BCUT2D eigenvalue weighted by Gasteiger charge is 2.33. The fraction of sp³-hybridized carbons (Fsp3) is 0.625. The van der Waals surface area contributed by atoms with Crippen molar-refractivity contribution in [3.63, 3.8) is 0 Å². The van der Waals surface area contributed by atoms with E-state index in [1.165, 1.54) is 6.92 Å². The van der Waals surface area contributed by atoms with Crippen LogP contribution >= 0.6 is 0 Å². The van der Waals surface area contributed by atoms with Crippen molar-refractivity contribution in [3.05, 3.63) is 0 Å². The summed E-state index contributed by atoms with van der Waals surface area (Å²) >= 11 is 0. The summed E-state index contributed by atoms with van der Waals surface area (Å²) in [6.45, 7) is 2.63. The summed E-state index contributed by atoms with van der Waals surface area (Å²) in [7, 11) is 10.4. The molecule has 14 nitrogen and oxygen atoms in total. The van der Waals surface area contributed by atoms with Crippen molar-refractivity contribution in [2.45, 2.75) is 43.7 Å². The smallest absolute Gasteiger partial charge is 0.310 e. The lowest BCUT2D eigenvalue weighted by atomic mass is 9.62. The Bertz CT molecular complexity index is 735. The topological polar surface area (TPSA) is 229 Å². The quantitative estimate of drug-likeness (QED) is 0.117. The number of nitrogens with one attached hydrogen (secondary N) is 5. The molecule has 0 heterocycles. The van der Waals surface area contributed by atoms with Gasteiger partial charge in [0.25, 0.3) is 0 Å². The van der Waals surface area contributed by atoms with Crippen LogP contribution in [-0.2, 0) is 28.8 Å². The molecule has 0 aliphatic rings. The number of aliphatic carboxylic acids is 1. The highest BCUT2D eigenvalue weighted by molar-refractivity contribution is 6.51. The van der Waals surface area contributed by atoms with Crippen LogP contribution in [0.15, 0.2) is 0 Å². The molecule has 0 aromatic heterocycles. The second-order valence-corrected chi connectivity index (χ2v) is 6.71. The predicted molar refractivity (Wildman–Crippen MR) is 111 cm³/mol. The molecule has 5 amide bonds. The van der Waals surface area contributed by atoms with Crippen molar-refractivity contribution in [1.29, 1.82) is 0 Å². The van der Waals surface area contributed by atoms with Crippen molar-refractivity contribution in [3.8, 4) is 0 Å². The number of nitrogens with two attached hydrogens (primary N) is 1. The third kappa shape index (κ3) is 10.3. The van der Waals surface area contributed by atoms with Crippen molar-refractivity contribution in [1.82, 2.24) is 26.6 Å². The molecule has 32 heavy (non-hydrogen) atoms. The standard InChI is InChI=1S/C16H26B2N6O8/c1-3-20-5-11(27)22-9(6-25)13(29)21-7(2)12(28)23-8(4-10(19)26)14(30)24-16(17,18)15(31)32/h7-9,20,25H,3-6H2,1-2H3,(H2,19,26)(H,21,29)(H,22,27)(H,23,28)(H,24,30)(H,31,32)/t7-,8-,9?/m0/s1.